The molecule has 0 aromatic heterocycles. The molecule has 0 atom stereocenters. The summed E-state index contributed by atoms with van der Waals surface area (Å²) in [5.41, 5.74) is 2.01. The number of ether oxygens (including phenoxy) is 1. The van der Waals surface area contributed by atoms with E-state index in [2.05, 4.69) is 0 Å². The Kier molecular flexibility index (Phi) is 3.94. The molecular weight excluding hydrogens is 216 g/mol. The Labute approximate surface area is 101 Å². The van der Waals surface area contributed by atoms with Crippen LogP contribution in [0.4, 0.5) is 0 Å². The van der Waals surface area contributed by atoms with Crippen LogP contribution >= 0.6 is 0 Å². The predicted octanol–water partition coefficient (Wildman–Crippen LogP) is 2.71. The fraction of sp³-hybridized carbons (Fsp3) is 0.357. The Balaban J connectivity index is 1.81. The van der Waals surface area contributed by atoms with Gasteiger partial charge in [-0.25, -0.2) is 4.79 Å². The van der Waals surface area contributed by atoms with Gasteiger partial charge in [0.1, 0.15) is 0 Å². The molecule has 1 N–H and O–H groups in total. The highest BCUT2D eigenvalue weighted by Crippen LogP contribution is 2.29. The van der Waals surface area contributed by atoms with Crippen LogP contribution in [0, 0.1) is 5.92 Å². The van der Waals surface area contributed by atoms with Crippen LogP contribution in [0.2, 0.25) is 0 Å². The summed E-state index contributed by atoms with van der Waals surface area (Å²) in [5, 5.41) is 8.50. The van der Waals surface area contributed by atoms with Gasteiger partial charge in [-0.15, -0.1) is 0 Å². The van der Waals surface area contributed by atoms with E-state index in [0.29, 0.717) is 6.61 Å². The molecule has 1 fully saturated rings. The third-order valence-electron chi connectivity index (χ3n) is 2.72. The Hall–Kier alpha value is -1.61. The van der Waals surface area contributed by atoms with Gasteiger partial charge in [0.05, 0.1) is 6.61 Å². The van der Waals surface area contributed by atoms with E-state index < -0.39 is 5.97 Å². The van der Waals surface area contributed by atoms with Gasteiger partial charge in [0.25, 0.3) is 0 Å². The SMILES string of the molecule is O=C(O)C=Cc1ccc(COCC2CC2)cc1. The maximum atomic E-state index is 10.3. The van der Waals surface area contributed by atoms with Crippen molar-refractivity contribution >= 4 is 12.0 Å². The lowest BCUT2D eigenvalue weighted by Crippen LogP contribution is -1.96. The van der Waals surface area contributed by atoms with Gasteiger partial charge < -0.3 is 9.84 Å². The standard InChI is InChI=1S/C14H16O3/c15-14(16)8-7-11-1-3-12(4-2-11)9-17-10-13-5-6-13/h1-4,7-8,13H,5-6,9-10H2,(H,15,16). The Morgan fingerprint density at radius 3 is 2.65 bits per heavy atom. The van der Waals surface area contributed by atoms with E-state index in [4.69, 9.17) is 9.84 Å². The molecule has 0 aliphatic heterocycles. The van der Waals surface area contributed by atoms with Crippen molar-refractivity contribution < 1.29 is 14.6 Å². The van der Waals surface area contributed by atoms with Gasteiger partial charge in [0, 0.05) is 12.7 Å². The molecule has 0 amide bonds. The number of hydrogen-bond acceptors (Lipinski definition) is 2. The second-order valence-electron chi connectivity index (χ2n) is 4.37. The minimum Gasteiger partial charge on any atom is -0.478 e. The summed E-state index contributed by atoms with van der Waals surface area (Å²) in [5.74, 6) is -0.144. The van der Waals surface area contributed by atoms with Crippen molar-refractivity contribution in [2.75, 3.05) is 6.61 Å². The smallest absolute Gasteiger partial charge is 0.328 e. The predicted molar refractivity (Wildman–Crippen MR) is 65.5 cm³/mol. The van der Waals surface area contributed by atoms with Crippen LogP contribution in [0.25, 0.3) is 6.08 Å². The number of carboxylic acids is 1. The highest BCUT2D eigenvalue weighted by atomic mass is 16.5. The number of hydrogen-bond donors (Lipinski definition) is 1. The Morgan fingerprint density at radius 1 is 1.35 bits per heavy atom. The van der Waals surface area contributed by atoms with Gasteiger partial charge in [-0.05, 0) is 36.0 Å². The molecule has 17 heavy (non-hydrogen) atoms. The molecule has 1 aliphatic carbocycles. The lowest BCUT2D eigenvalue weighted by atomic mass is 10.1. The second kappa shape index (κ2) is 5.64. The summed E-state index contributed by atoms with van der Waals surface area (Å²) >= 11 is 0. The number of carbonyl (C=O) groups is 1. The summed E-state index contributed by atoms with van der Waals surface area (Å²) < 4.78 is 5.57. The summed E-state index contributed by atoms with van der Waals surface area (Å²) in [6.07, 6.45) is 5.33. The largest absolute Gasteiger partial charge is 0.478 e. The monoisotopic (exact) mass is 232 g/mol. The molecule has 0 bridgehead atoms. The van der Waals surface area contributed by atoms with Gasteiger partial charge in [-0.3, -0.25) is 0 Å². The van der Waals surface area contributed by atoms with E-state index in [9.17, 15) is 4.79 Å². The molecule has 0 radical (unpaired) electrons. The number of carboxylic acid groups (broad SMARTS) is 1. The average Bonchev–Trinajstić information content (AvgIpc) is 3.12. The van der Waals surface area contributed by atoms with Crippen molar-refractivity contribution in [2.24, 2.45) is 5.92 Å². The number of rotatable bonds is 6. The van der Waals surface area contributed by atoms with Crippen molar-refractivity contribution in [3.8, 4) is 0 Å². The molecule has 0 unspecified atom stereocenters. The van der Waals surface area contributed by atoms with Gasteiger partial charge in [0.15, 0.2) is 0 Å². The first-order valence-electron chi connectivity index (χ1n) is 5.82. The molecule has 0 saturated heterocycles. The summed E-state index contributed by atoms with van der Waals surface area (Å²) in [4.78, 5) is 10.3. The Morgan fingerprint density at radius 2 is 2.06 bits per heavy atom. The highest BCUT2D eigenvalue weighted by Gasteiger charge is 2.20. The van der Waals surface area contributed by atoms with Crippen molar-refractivity contribution in [3.05, 3.63) is 41.5 Å². The average molecular weight is 232 g/mol. The van der Waals surface area contributed by atoms with Crippen LogP contribution in [-0.4, -0.2) is 17.7 Å². The molecular formula is C14H16O3. The molecule has 0 heterocycles. The van der Waals surface area contributed by atoms with E-state index in [-0.39, 0.29) is 0 Å². The third-order valence-corrected chi connectivity index (χ3v) is 2.72. The molecule has 90 valence electrons. The zero-order valence-electron chi connectivity index (χ0n) is 9.63. The van der Waals surface area contributed by atoms with Crippen LogP contribution in [0.1, 0.15) is 24.0 Å². The Bertz CT molecular complexity index is 402. The zero-order valence-corrected chi connectivity index (χ0v) is 9.63. The summed E-state index contributed by atoms with van der Waals surface area (Å²) in [6.45, 7) is 1.50. The molecule has 1 aliphatic rings. The fourth-order valence-corrected chi connectivity index (χ4v) is 1.52. The van der Waals surface area contributed by atoms with Gasteiger partial charge in [-0.1, -0.05) is 24.3 Å². The van der Waals surface area contributed by atoms with Gasteiger partial charge in [-0.2, -0.15) is 0 Å². The molecule has 1 aromatic carbocycles. The molecule has 3 nitrogen and oxygen atoms in total. The van der Waals surface area contributed by atoms with Crippen LogP contribution in [0.3, 0.4) is 0 Å². The normalized spacial score (nSPS) is 15.3. The molecule has 1 aromatic rings. The summed E-state index contributed by atoms with van der Waals surface area (Å²) in [7, 11) is 0. The zero-order chi connectivity index (χ0) is 12.1. The van der Waals surface area contributed by atoms with E-state index in [0.717, 1.165) is 29.7 Å². The van der Waals surface area contributed by atoms with E-state index in [1.165, 1.54) is 12.8 Å². The number of aliphatic carboxylic acids is 1. The van der Waals surface area contributed by atoms with Crippen LogP contribution in [-0.2, 0) is 16.1 Å². The fourth-order valence-electron chi connectivity index (χ4n) is 1.52. The highest BCUT2D eigenvalue weighted by molar-refractivity contribution is 5.85. The minimum absolute atomic E-state index is 0.638. The van der Waals surface area contributed by atoms with Crippen LogP contribution in [0.15, 0.2) is 30.3 Å². The first-order chi connectivity index (χ1) is 8.24. The number of benzene rings is 1. The van der Waals surface area contributed by atoms with Crippen molar-refractivity contribution in [1.29, 1.82) is 0 Å². The third kappa shape index (κ3) is 4.41. The lowest BCUT2D eigenvalue weighted by molar-refractivity contribution is -0.131. The first-order valence-corrected chi connectivity index (χ1v) is 5.82. The van der Waals surface area contributed by atoms with Gasteiger partial charge in [0.2, 0.25) is 0 Å². The molecule has 0 spiro atoms. The summed E-state index contributed by atoms with van der Waals surface area (Å²) in [6, 6.07) is 7.73. The maximum absolute atomic E-state index is 10.3. The lowest BCUT2D eigenvalue weighted by Gasteiger charge is -2.03. The van der Waals surface area contributed by atoms with E-state index in [1.807, 2.05) is 24.3 Å². The van der Waals surface area contributed by atoms with E-state index >= 15 is 0 Å². The second-order valence-corrected chi connectivity index (χ2v) is 4.37. The van der Waals surface area contributed by atoms with Crippen molar-refractivity contribution in [1.82, 2.24) is 0 Å². The van der Waals surface area contributed by atoms with E-state index in [1.54, 1.807) is 6.08 Å². The molecule has 3 heteroatoms. The van der Waals surface area contributed by atoms with Crippen molar-refractivity contribution in [3.63, 3.8) is 0 Å². The maximum Gasteiger partial charge on any atom is 0.328 e. The van der Waals surface area contributed by atoms with Gasteiger partial charge >= 0.3 is 5.97 Å². The first kappa shape index (κ1) is 11.9. The van der Waals surface area contributed by atoms with Crippen LogP contribution in [0.5, 0.6) is 0 Å². The van der Waals surface area contributed by atoms with Crippen LogP contribution < -0.4 is 0 Å². The van der Waals surface area contributed by atoms with Crippen molar-refractivity contribution in [2.45, 2.75) is 19.4 Å². The molecule has 1 saturated carbocycles. The molecule has 2 rings (SSSR count). The minimum atomic E-state index is -0.929. The quantitative estimate of drug-likeness (QED) is 0.767. The topological polar surface area (TPSA) is 46.5 Å².